The maximum absolute atomic E-state index is 12.8. The monoisotopic (exact) mass is 324 g/mol. The van der Waals surface area contributed by atoms with Gasteiger partial charge in [-0.15, -0.1) is 11.3 Å². The second kappa shape index (κ2) is 6.17. The van der Waals surface area contributed by atoms with Crippen molar-refractivity contribution in [1.29, 1.82) is 0 Å². The fourth-order valence-electron chi connectivity index (χ4n) is 2.26. The van der Waals surface area contributed by atoms with E-state index >= 15 is 0 Å². The number of aryl methyl sites for hydroxylation is 1. The van der Waals surface area contributed by atoms with Crippen molar-refractivity contribution < 1.29 is 8.42 Å². The molecule has 0 fully saturated rings. The van der Waals surface area contributed by atoms with E-state index in [0.29, 0.717) is 17.7 Å². The predicted octanol–water partition coefficient (Wildman–Crippen LogP) is 2.89. The number of benzene rings is 1. The van der Waals surface area contributed by atoms with Crippen molar-refractivity contribution in [2.45, 2.75) is 31.2 Å². The molecule has 0 radical (unpaired) electrons. The van der Waals surface area contributed by atoms with Crippen molar-refractivity contribution in [2.75, 3.05) is 12.8 Å². The summed E-state index contributed by atoms with van der Waals surface area (Å²) in [6.45, 7) is 3.67. The second-order valence-electron chi connectivity index (χ2n) is 5.15. The molecule has 0 spiro atoms. The Kier molecular flexibility index (Phi) is 4.70. The number of sulfonamides is 1. The molecule has 114 valence electrons. The molecule has 0 aliphatic heterocycles. The Morgan fingerprint density at radius 3 is 2.57 bits per heavy atom. The average Bonchev–Trinajstić information content (AvgIpc) is 2.90. The van der Waals surface area contributed by atoms with Gasteiger partial charge in [0.2, 0.25) is 10.0 Å². The van der Waals surface area contributed by atoms with Crippen LogP contribution < -0.4 is 5.73 Å². The van der Waals surface area contributed by atoms with Gasteiger partial charge in [-0.3, -0.25) is 0 Å². The van der Waals surface area contributed by atoms with Crippen molar-refractivity contribution in [3.8, 4) is 0 Å². The minimum Gasteiger partial charge on any atom is -0.398 e. The molecule has 0 amide bonds. The fraction of sp³-hybridized carbons (Fsp3) is 0.333. The van der Waals surface area contributed by atoms with Crippen LogP contribution in [0.15, 0.2) is 40.6 Å². The van der Waals surface area contributed by atoms with E-state index in [2.05, 4.69) is 0 Å². The van der Waals surface area contributed by atoms with E-state index in [0.717, 1.165) is 0 Å². The van der Waals surface area contributed by atoms with Crippen LogP contribution in [-0.2, 0) is 16.4 Å². The van der Waals surface area contributed by atoms with E-state index in [4.69, 9.17) is 5.73 Å². The van der Waals surface area contributed by atoms with Gasteiger partial charge in [-0.2, -0.15) is 4.31 Å². The number of anilines is 1. The predicted molar refractivity (Wildman–Crippen MR) is 88.0 cm³/mol. The van der Waals surface area contributed by atoms with E-state index in [1.54, 1.807) is 43.5 Å². The van der Waals surface area contributed by atoms with Crippen LogP contribution in [0.5, 0.6) is 0 Å². The summed E-state index contributed by atoms with van der Waals surface area (Å²) in [5.74, 6) is 0. The number of nitrogen functional groups attached to an aromatic ring is 1. The highest BCUT2D eigenvalue weighted by atomic mass is 32.2. The van der Waals surface area contributed by atoms with Gasteiger partial charge in [0.15, 0.2) is 0 Å². The van der Waals surface area contributed by atoms with Crippen LogP contribution in [0.2, 0.25) is 0 Å². The van der Waals surface area contributed by atoms with Crippen molar-refractivity contribution in [1.82, 2.24) is 4.31 Å². The first-order valence-electron chi connectivity index (χ1n) is 6.69. The minimum atomic E-state index is -3.59. The van der Waals surface area contributed by atoms with Crippen LogP contribution >= 0.6 is 11.3 Å². The number of likely N-dealkylation sites (N-methyl/N-ethyl adjacent to an activating group) is 1. The van der Waals surface area contributed by atoms with Crippen LogP contribution in [0.4, 0.5) is 5.69 Å². The number of hydrogen-bond donors (Lipinski definition) is 1. The number of hydrogen-bond acceptors (Lipinski definition) is 4. The summed E-state index contributed by atoms with van der Waals surface area (Å²) in [6, 6.07) is 9.01. The molecule has 2 rings (SSSR count). The molecule has 2 aromatic rings. The number of nitrogens with zero attached hydrogens (tertiary/aromatic N) is 1. The third-order valence-electron chi connectivity index (χ3n) is 3.58. The normalized spacial score (nSPS) is 13.5. The Labute approximate surface area is 130 Å². The zero-order valence-electron chi connectivity index (χ0n) is 12.4. The summed E-state index contributed by atoms with van der Waals surface area (Å²) in [7, 11) is -1.98. The van der Waals surface area contributed by atoms with Crippen molar-refractivity contribution in [3.05, 3.63) is 46.2 Å². The van der Waals surface area contributed by atoms with E-state index in [1.165, 1.54) is 9.18 Å². The summed E-state index contributed by atoms with van der Waals surface area (Å²) in [5.41, 5.74) is 6.85. The molecule has 1 aromatic heterocycles. The van der Waals surface area contributed by atoms with Gasteiger partial charge in [0, 0.05) is 18.0 Å². The van der Waals surface area contributed by atoms with E-state index < -0.39 is 10.0 Å². The highest BCUT2D eigenvalue weighted by Gasteiger charge is 2.28. The molecule has 2 N–H and O–H groups in total. The standard InChI is InChI=1S/C15H20N2O2S2/c1-11-6-4-8-14(16)15(11)21(18,19)17(3)12(2)10-13-7-5-9-20-13/h4-9,12H,10,16H2,1-3H3. The van der Waals surface area contributed by atoms with Gasteiger partial charge in [0.1, 0.15) is 4.90 Å². The Bertz CT molecular complexity index is 689. The van der Waals surface area contributed by atoms with Gasteiger partial charge >= 0.3 is 0 Å². The summed E-state index contributed by atoms with van der Waals surface area (Å²) in [6.07, 6.45) is 0.694. The van der Waals surface area contributed by atoms with Crippen LogP contribution in [0.3, 0.4) is 0 Å². The molecular formula is C15H20N2O2S2. The first kappa shape index (κ1) is 16.0. The molecule has 6 heteroatoms. The molecule has 0 saturated carbocycles. The lowest BCUT2D eigenvalue weighted by Crippen LogP contribution is -2.37. The molecule has 0 aliphatic rings. The van der Waals surface area contributed by atoms with Crippen molar-refractivity contribution >= 4 is 27.0 Å². The minimum absolute atomic E-state index is 0.132. The Morgan fingerprint density at radius 1 is 1.29 bits per heavy atom. The van der Waals surface area contributed by atoms with Crippen molar-refractivity contribution in [3.63, 3.8) is 0 Å². The van der Waals surface area contributed by atoms with Gasteiger partial charge in [-0.1, -0.05) is 18.2 Å². The average molecular weight is 324 g/mol. The van der Waals surface area contributed by atoms with Gasteiger partial charge in [-0.25, -0.2) is 8.42 Å². The van der Waals surface area contributed by atoms with Gasteiger partial charge in [0.25, 0.3) is 0 Å². The molecule has 1 unspecified atom stereocenters. The number of thiophene rings is 1. The Hall–Kier alpha value is -1.37. The third-order valence-corrected chi connectivity index (χ3v) is 6.67. The second-order valence-corrected chi connectivity index (χ2v) is 8.11. The van der Waals surface area contributed by atoms with Gasteiger partial charge < -0.3 is 5.73 Å². The van der Waals surface area contributed by atoms with Gasteiger partial charge in [-0.05, 0) is 43.3 Å². The highest BCUT2D eigenvalue weighted by Crippen LogP contribution is 2.27. The number of rotatable bonds is 5. The first-order chi connectivity index (χ1) is 9.84. The summed E-state index contributed by atoms with van der Waals surface area (Å²) < 4.78 is 27.0. The summed E-state index contributed by atoms with van der Waals surface area (Å²) >= 11 is 1.64. The Morgan fingerprint density at radius 2 is 2.00 bits per heavy atom. The molecule has 0 saturated heterocycles. The molecule has 4 nitrogen and oxygen atoms in total. The lowest BCUT2D eigenvalue weighted by atomic mass is 10.2. The Balaban J connectivity index is 2.30. The zero-order valence-corrected chi connectivity index (χ0v) is 14.0. The van der Waals surface area contributed by atoms with Crippen LogP contribution in [-0.4, -0.2) is 25.8 Å². The van der Waals surface area contributed by atoms with E-state index in [-0.39, 0.29) is 10.9 Å². The summed E-state index contributed by atoms with van der Waals surface area (Å²) in [5, 5.41) is 2.00. The maximum Gasteiger partial charge on any atom is 0.245 e. The SMILES string of the molecule is Cc1cccc(N)c1S(=O)(=O)N(C)C(C)Cc1cccs1. The lowest BCUT2D eigenvalue weighted by molar-refractivity contribution is 0.388. The molecule has 1 aromatic carbocycles. The molecule has 21 heavy (non-hydrogen) atoms. The summed E-state index contributed by atoms with van der Waals surface area (Å²) in [4.78, 5) is 1.38. The van der Waals surface area contributed by atoms with Crippen LogP contribution in [0, 0.1) is 6.92 Å². The van der Waals surface area contributed by atoms with Gasteiger partial charge in [0.05, 0.1) is 5.69 Å². The molecule has 1 atom stereocenters. The zero-order chi connectivity index (χ0) is 15.6. The quantitative estimate of drug-likeness (QED) is 0.860. The maximum atomic E-state index is 12.8. The topological polar surface area (TPSA) is 63.4 Å². The first-order valence-corrected chi connectivity index (χ1v) is 9.01. The van der Waals surface area contributed by atoms with Crippen LogP contribution in [0.25, 0.3) is 0 Å². The molecule has 0 bridgehead atoms. The molecule has 0 aliphatic carbocycles. The molecule has 1 heterocycles. The van der Waals surface area contributed by atoms with E-state index in [1.807, 2.05) is 24.4 Å². The van der Waals surface area contributed by atoms with E-state index in [9.17, 15) is 8.42 Å². The third kappa shape index (κ3) is 3.28. The lowest BCUT2D eigenvalue weighted by Gasteiger charge is -2.25. The van der Waals surface area contributed by atoms with Crippen LogP contribution in [0.1, 0.15) is 17.4 Å². The largest absolute Gasteiger partial charge is 0.398 e. The smallest absolute Gasteiger partial charge is 0.245 e. The molecular weight excluding hydrogens is 304 g/mol. The van der Waals surface area contributed by atoms with Crippen molar-refractivity contribution in [2.24, 2.45) is 0 Å². The number of nitrogens with two attached hydrogens (primary N) is 1. The fourth-order valence-corrected chi connectivity index (χ4v) is 4.76. The highest BCUT2D eigenvalue weighted by molar-refractivity contribution is 7.89.